The number of hydrogen-bond acceptors (Lipinski definition) is 8. The van der Waals surface area contributed by atoms with Crippen molar-refractivity contribution in [3.05, 3.63) is 69.4 Å². The van der Waals surface area contributed by atoms with Gasteiger partial charge in [0.25, 0.3) is 5.91 Å². The van der Waals surface area contributed by atoms with Gasteiger partial charge in [-0.15, -0.1) is 11.3 Å². The van der Waals surface area contributed by atoms with E-state index in [0.29, 0.717) is 33.2 Å². The molecule has 0 bridgehead atoms. The Morgan fingerprint density at radius 2 is 1.79 bits per heavy atom. The van der Waals surface area contributed by atoms with E-state index in [1.54, 1.807) is 41.8 Å². The maximum atomic E-state index is 12.9. The number of thiophene rings is 1. The smallest absolute Gasteiger partial charge is 0.349 e. The van der Waals surface area contributed by atoms with E-state index in [1.807, 2.05) is 0 Å². The summed E-state index contributed by atoms with van der Waals surface area (Å²) in [6.45, 7) is 0. The minimum absolute atomic E-state index is 0.180. The van der Waals surface area contributed by atoms with Crippen LogP contribution in [-0.4, -0.2) is 27.2 Å². The summed E-state index contributed by atoms with van der Waals surface area (Å²) >= 11 is 1.18. The van der Waals surface area contributed by atoms with Crippen LogP contribution in [0, 0.1) is 11.3 Å². The standard InChI is InChI=1S/C24H18N2O6S/c1-29-18-8-7-13(10-20(18)31-3)17-12-33-23(16(17)11-25)26-22(27)15-9-14-5-4-6-19(30-2)21(14)32-24(15)28/h4-10,12H,1-3H3,(H,26,27). The fourth-order valence-corrected chi connectivity index (χ4v) is 4.30. The third-order valence-corrected chi connectivity index (χ3v) is 5.91. The Morgan fingerprint density at radius 3 is 2.48 bits per heavy atom. The van der Waals surface area contributed by atoms with Gasteiger partial charge in [-0.25, -0.2) is 4.79 Å². The quantitative estimate of drug-likeness (QED) is 0.415. The second-order valence-corrected chi connectivity index (χ2v) is 7.70. The molecule has 0 saturated heterocycles. The van der Waals surface area contributed by atoms with Crippen LogP contribution in [0.2, 0.25) is 0 Å². The summed E-state index contributed by atoms with van der Waals surface area (Å²) in [4.78, 5) is 25.4. The lowest BCUT2D eigenvalue weighted by Gasteiger charge is -2.09. The van der Waals surface area contributed by atoms with Crippen molar-refractivity contribution in [2.45, 2.75) is 0 Å². The van der Waals surface area contributed by atoms with Crippen molar-refractivity contribution in [1.29, 1.82) is 5.26 Å². The number of methoxy groups -OCH3 is 3. The first kappa shape index (κ1) is 21.9. The SMILES string of the molecule is COc1ccc(-c2csc(NC(=O)c3cc4cccc(OC)c4oc3=O)c2C#N)cc1OC. The molecule has 0 radical (unpaired) electrons. The molecule has 0 saturated carbocycles. The van der Waals surface area contributed by atoms with E-state index in [-0.39, 0.29) is 16.7 Å². The Labute approximate surface area is 192 Å². The number of fused-ring (bicyclic) bond motifs is 1. The van der Waals surface area contributed by atoms with Gasteiger partial charge in [0.15, 0.2) is 22.8 Å². The van der Waals surface area contributed by atoms with E-state index in [0.717, 1.165) is 5.56 Å². The largest absolute Gasteiger partial charge is 0.493 e. The normalized spacial score (nSPS) is 10.5. The number of amides is 1. The summed E-state index contributed by atoms with van der Waals surface area (Å²) in [6.07, 6.45) is 0. The van der Waals surface area contributed by atoms with Gasteiger partial charge in [-0.1, -0.05) is 18.2 Å². The minimum atomic E-state index is -0.806. The number of nitrogens with zero attached hydrogens (tertiary/aromatic N) is 1. The molecule has 0 aliphatic carbocycles. The summed E-state index contributed by atoms with van der Waals surface area (Å²) in [7, 11) is 4.53. The van der Waals surface area contributed by atoms with Gasteiger partial charge in [-0.05, 0) is 29.8 Å². The molecule has 9 heteroatoms. The molecule has 0 spiro atoms. The van der Waals surface area contributed by atoms with Crippen LogP contribution in [0.5, 0.6) is 17.2 Å². The summed E-state index contributed by atoms with van der Waals surface area (Å²) in [5.41, 5.74) is 0.881. The molecule has 8 nitrogen and oxygen atoms in total. The molecule has 33 heavy (non-hydrogen) atoms. The molecule has 2 aromatic heterocycles. The summed E-state index contributed by atoms with van der Waals surface area (Å²) in [5.74, 6) is 0.787. The molecule has 166 valence electrons. The van der Waals surface area contributed by atoms with Crippen molar-refractivity contribution in [2.75, 3.05) is 26.6 Å². The molecule has 0 unspecified atom stereocenters. The highest BCUT2D eigenvalue weighted by Gasteiger charge is 2.20. The number of hydrogen-bond donors (Lipinski definition) is 1. The highest BCUT2D eigenvalue weighted by atomic mass is 32.1. The fourth-order valence-electron chi connectivity index (χ4n) is 3.38. The van der Waals surface area contributed by atoms with Crippen molar-refractivity contribution in [1.82, 2.24) is 0 Å². The monoisotopic (exact) mass is 462 g/mol. The van der Waals surface area contributed by atoms with E-state index in [9.17, 15) is 14.9 Å². The van der Waals surface area contributed by atoms with E-state index < -0.39 is 11.5 Å². The molecule has 4 rings (SSSR count). The number of ether oxygens (including phenoxy) is 3. The third kappa shape index (κ3) is 4.00. The topological polar surface area (TPSA) is 111 Å². The van der Waals surface area contributed by atoms with Gasteiger partial charge >= 0.3 is 5.63 Å². The van der Waals surface area contributed by atoms with Crippen molar-refractivity contribution in [3.63, 3.8) is 0 Å². The lowest BCUT2D eigenvalue weighted by Crippen LogP contribution is -2.20. The number of carbonyl (C=O) groups is 1. The van der Waals surface area contributed by atoms with E-state index >= 15 is 0 Å². The van der Waals surface area contributed by atoms with E-state index in [2.05, 4.69) is 11.4 Å². The van der Waals surface area contributed by atoms with Crippen LogP contribution in [0.25, 0.3) is 22.1 Å². The lowest BCUT2D eigenvalue weighted by atomic mass is 10.0. The number of benzene rings is 2. The van der Waals surface area contributed by atoms with Crippen LogP contribution < -0.4 is 25.2 Å². The van der Waals surface area contributed by atoms with Crippen molar-refractivity contribution in [2.24, 2.45) is 0 Å². The molecular weight excluding hydrogens is 444 g/mol. The Bertz CT molecular complexity index is 1460. The van der Waals surface area contributed by atoms with Gasteiger partial charge in [-0.3, -0.25) is 4.79 Å². The third-order valence-electron chi connectivity index (χ3n) is 5.01. The Kier molecular flexibility index (Phi) is 6.02. The van der Waals surface area contributed by atoms with Gasteiger partial charge < -0.3 is 23.9 Å². The van der Waals surface area contributed by atoms with E-state index in [4.69, 9.17) is 18.6 Å². The maximum absolute atomic E-state index is 12.9. The zero-order chi connectivity index (χ0) is 23.5. The zero-order valence-corrected chi connectivity index (χ0v) is 18.7. The first-order valence-electron chi connectivity index (χ1n) is 9.67. The molecule has 2 heterocycles. The Balaban J connectivity index is 1.69. The first-order chi connectivity index (χ1) is 16.0. The molecule has 0 aliphatic heterocycles. The van der Waals surface area contributed by atoms with Crippen LogP contribution in [0.3, 0.4) is 0 Å². The summed E-state index contributed by atoms with van der Waals surface area (Å²) in [6, 6.07) is 13.9. The highest BCUT2D eigenvalue weighted by molar-refractivity contribution is 7.15. The van der Waals surface area contributed by atoms with E-state index in [1.165, 1.54) is 38.7 Å². The average molecular weight is 462 g/mol. The second kappa shape index (κ2) is 9.06. The first-order valence-corrected chi connectivity index (χ1v) is 10.5. The van der Waals surface area contributed by atoms with Gasteiger partial charge in [0.05, 0.1) is 26.9 Å². The molecule has 1 amide bonds. The summed E-state index contributed by atoms with van der Waals surface area (Å²) < 4.78 is 21.1. The van der Waals surface area contributed by atoms with Gasteiger partial charge in [0.2, 0.25) is 0 Å². The molecule has 2 aromatic carbocycles. The Hall–Kier alpha value is -4.29. The fraction of sp³-hybridized carbons (Fsp3) is 0.125. The predicted octanol–water partition coefficient (Wildman–Crippen LogP) is 4.67. The van der Waals surface area contributed by atoms with Crippen molar-refractivity contribution in [3.8, 4) is 34.4 Å². The number of nitrogens with one attached hydrogen (secondary N) is 1. The van der Waals surface area contributed by atoms with Crippen LogP contribution >= 0.6 is 11.3 Å². The van der Waals surface area contributed by atoms with Gasteiger partial charge in [0.1, 0.15) is 16.6 Å². The average Bonchev–Trinajstić information content (AvgIpc) is 3.24. The summed E-state index contributed by atoms with van der Waals surface area (Å²) in [5, 5.41) is 15.0. The number of carbonyl (C=O) groups excluding carboxylic acids is 1. The van der Waals surface area contributed by atoms with Crippen molar-refractivity contribution >= 4 is 33.2 Å². The van der Waals surface area contributed by atoms with Gasteiger partial charge in [-0.2, -0.15) is 5.26 Å². The van der Waals surface area contributed by atoms with Gasteiger partial charge in [0, 0.05) is 16.3 Å². The van der Waals surface area contributed by atoms with Crippen molar-refractivity contribution < 1.29 is 23.4 Å². The molecule has 4 aromatic rings. The van der Waals surface area contributed by atoms with Crippen LogP contribution in [0.4, 0.5) is 5.00 Å². The molecular formula is C24H18N2O6S. The molecule has 0 fully saturated rings. The van der Waals surface area contributed by atoms with Crippen LogP contribution in [0.1, 0.15) is 15.9 Å². The predicted molar refractivity (Wildman–Crippen MR) is 125 cm³/mol. The number of rotatable bonds is 6. The number of para-hydroxylation sites is 1. The molecule has 0 atom stereocenters. The number of anilines is 1. The minimum Gasteiger partial charge on any atom is -0.493 e. The second-order valence-electron chi connectivity index (χ2n) is 6.82. The van der Waals surface area contributed by atoms with Crippen LogP contribution in [-0.2, 0) is 0 Å². The zero-order valence-electron chi connectivity index (χ0n) is 17.9. The van der Waals surface area contributed by atoms with Crippen LogP contribution in [0.15, 0.2) is 57.1 Å². The number of nitriles is 1. The Morgan fingerprint density at radius 1 is 1.03 bits per heavy atom. The molecule has 1 N–H and O–H groups in total. The molecule has 0 aliphatic rings. The highest BCUT2D eigenvalue weighted by Crippen LogP contribution is 2.39. The maximum Gasteiger partial charge on any atom is 0.349 e. The lowest BCUT2D eigenvalue weighted by molar-refractivity contribution is 0.102.